The van der Waals surface area contributed by atoms with Gasteiger partial charge in [-0.3, -0.25) is 9.48 Å². The Morgan fingerprint density at radius 1 is 1.23 bits per heavy atom. The average Bonchev–Trinajstić information content (AvgIpc) is 2.96. The van der Waals surface area contributed by atoms with E-state index in [9.17, 15) is 9.18 Å². The second-order valence-electron chi connectivity index (χ2n) is 7.08. The molecule has 0 bridgehead atoms. The standard InChI is InChI=1S/C18H20F3N3O2/c1-16(2)18(20,21)17(3,23-15(25)10-26-16)12-9-11(5-6-13(12)19)14-7-8-22-24(14)4/h5-9H,10H2,1-4H3,(H,23,25)/t17-/m1/s1. The molecule has 0 spiro atoms. The van der Waals surface area contributed by atoms with Gasteiger partial charge in [0.1, 0.15) is 23.6 Å². The first-order valence-corrected chi connectivity index (χ1v) is 8.11. The Morgan fingerprint density at radius 3 is 2.54 bits per heavy atom. The fourth-order valence-corrected chi connectivity index (χ4v) is 3.29. The largest absolute Gasteiger partial charge is 0.359 e. The molecule has 5 nitrogen and oxygen atoms in total. The summed E-state index contributed by atoms with van der Waals surface area (Å²) in [5, 5.41) is 6.31. The molecule has 26 heavy (non-hydrogen) atoms. The van der Waals surface area contributed by atoms with Gasteiger partial charge in [0.15, 0.2) is 0 Å². The minimum atomic E-state index is -3.59. The maximum absolute atomic E-state index is 15.4. The number of nitrogens with one attached hydrogen (secondary N) is 1. The predicted octanol–water partition coefficient (Wildman–Crippen LogP) is 3.00. The van der Waals surface area contributed by atoms with Crippen molar-refractivity contribution in [2.24, 2.45) is 7.05 Å². The number of hydrogen-bond donors (Lipinski definition) is 1. The molecular formula is C18H20F3N3O2. The fraction of sp³-hybridized carbons (Fsp3) is 0.444. The number of benzene rings is 1. The van der Waals surface area contributed by atoms with E-state index in [1.54, 1.807) is 24.0 Å². The van der Waals surface area contributed by atoms with Crippen molar-refractivity contribution in [3.05, 3.63) is 41.8 Å². The van der Waals surface area contributed by atoms with E-state index >= 15 is 8.78 Å². The molecule has 2 aromatic rings. The van der Waals surface area contributed by atoms with Gasteiger partial charge in [-0.2, -0.15) is 5.10 Å². The molecule has 0 radical (unpaired) electrons. The molecule has 1 saturated heterocycles. The molecule has 1 aliphatic rings. The van der Waals surface area contributed by atoms with Gasteiger partial charge in [-0.05, 0) is 45.0 Å². The molecule has 0 saturated carbocycles. The number of hydrogen-bond acceptors (Lipinski definition) is 3. The Morgan fingerprint density at radius 2 is 1.92 bits per heavy atom. The third-order valence-electron chi connectivity index (χ3n) is 4.96. The highest BCUT2D eigenvalue weighted by Gasteiger charge is 2.64. The van der Waals surface area contributed by atoms with Gasteiger partial charge in [0.25, 0.3) is 0 Å². The highest BCUT2D eigenvalue weighted by Crippen LogP contribution is 2.48. The quantitative estimate of drug-likeness (QED) is 0.888. The third kappa shape index (κ3) is 2.59. The van der Waals surface area contributed by atoms with Gasteiger partial charge in [0, 0.05) is 24.4 Å². The van der Waals surface area contributed by atoms with Crippen molar-refractivity contribution in [2.45, 2.75) is 37.8 Å². The molecule has 1 aromatic heterocycles. The second-order valence-corrected chi connectivity index (χ2v) is 7.08. The normalized spacial score (nSPS) is 24.8. The predicted molar refractivity (Wildman–Crippen MR) is 89.1 cm³/mol. The van der Waals surface area contributed by atoms with Gasteiger partial charge < -0.3 is 10.1 Å². The zero-order valence-electron chi connectivity index (χ0n) is 14.9. The smallest absolute Gasteiger partial charge is 0.302 e. The molecule has 2 heterocycles. The summed E-state index contributed by atoms with van der Waals surface area (Å²) in [6.45, 7) is 2.97. The first-order valence-electron chi connectivity index (χ1n) is 8.11. The molecule has 1 aliphatic heterocycles. The van der Waals surface area contributed by atoms with Crippen LogP contribution < -0.4 is 5.32 Å². The number of aryl methyl sites for hydroxylation is 1. The maximum Gasteiger partial charge on any atom is 0.302 e. The van der Waals surface area contributed by atoms with E-state index in [0.29, 0.717) is 11.3 Å². The molecule has 0 unspecified atom stereocenters. The number of carbonyl (C=O) groups is 1. The van der Waals surface area contributed by atoms with Crippen molar-refractivity contribution in [1.82, 2.24) is 15.1 Å². The summed E-state index contributed by atoms with van der Waals surface area (Å²) in [5.41, 5.74) is -3.43. The van der Waals surface area contributed by atoms with Gasteiger partial charge in [-0.25, -0.2) is 13.2 Å². The van der Waals surface area contributed by atoms with Crippen LogP contribution >= 0.6 is 0 Å². The second kappa shape index (κ2) is 5.84. The Hall–Kier alpha value is -2.35. The topological polar surface area (TPSA) is 56.2 Å². The number of alkyl halides is 2. The Labute approximate surface area is 149 Å². The van der Waals surface area contributed by atoms with Crippen molar-refractivity contribution < 1.29 is 22.7 Å². The third-order valence-corrected chi connectivity index (χ3v) is 4.96. The number of nitrogens with zero attached hydrogens (tertiary/aromatic N) is 2. The number of halogens is 3. The summed E-state index contributed by atoms with van der Waals surface area (Å²) >= 11 is 0. The zero-order chi connectivity index (χ0) is 19.3. The molecule has 1 atom stereocenters. The van der Waals surface area contributed by atoms with E-state index in [-0.39, 0.29) is 5.56 Å². The van der Waals surface area contributed by atoms with Gasteiger partial charge >= 0.3 is 5.92 Å². The van der Waals surface area contributed by atoms with Crippen molar-refractivity contribution >= 4 is 5.91 Å². The number of carbonyl (C=O) groups excluding carboxylic acids is 1. The van der Waals surface area contributed by atoms with Crippen molar-refractivity contribution in [3.8, 4) is 11.3 Å². The number of rotatable bonds is 2. The number of ether oxygens (including phenoxy) is 1. The van der Waals surface area contributed by atoms with Crippen LogP contribution in [0.2, 0.25) is 0 Å². The lowest BCUT2D eigenvalue weighted by molar-refractivity contribution is -0.216. The lowest BCUT2D eigenvalue weighted by atomic mass is 9.77. The summed E-state index contributed by atoms with van der Waals surface area (Å²) in [6.07, 6.45) is 1.55. The van der Waals surface area contributed by atoms with E-state index in [2.05, 4.69) is 10.4 Å². The Balaban J connectivity index is 2.22. The lowest BCUT2D eigenvalue weighted by Gasteiger charge is -2.43. The van der Waals surface area contributed by atoms with Gasteiger partial charge in [0.2, 0.25) is 5.91 Å². The highest BCUT2D eigenvalue weighted by atomic mass is 19.3. The van der Waals surface area contributed by atoms with Gasteiger partial charge in [0.05, 0.1) is 5.69 Å². The summed E-state index contributed by atoms with van der Waals surface area (Å²) in [4.78, 5) is 12.0. The first kappa shape index (κ1) is 18.4. The van der Waals surface area contributed by atoms with E-state index in [4.69, 9.17) is 4.74 Å². The average molecular weight is 367 g/mol. The van der Waals surface area contributed by atoms with Gasteiger partial charge in [-0.15, -0.1) is 0 Å². The number of aromatic nitrogens is 2. The van der Waals surface area contributed by atoms with Crippen molar-refractivity contribution in [2.75, 3.05) is 6.61 Å². The van der Waals surface area contributed by atoms with Crippen LogP contribution in [0.4, 0.5) is 13.2 Å². The fourth-order valence-electron chi connectivity index (χ4n) is 3.29. The van der Waals surface area contributed by atoms with E-state index in [0.717, 1.165) is 13.0 Å². The molecule has 8 heteroatoms. The monoisotopic (exact) mass is 367 g/mol. The Kier molecular flexibility index (Phi) is 4.14. The molecule has 3 rings (SSSR count). The van der Waals surface area contributed by atoms with E-state index < -0.39 is 35.4 Å². The van der Waals surface area contributed by atoms with Crippen LogP contribution in [0.15, 0.2) is 30.5 Å². The van der Waals surface area contributed by atoms with Crippen LogP contribution in [0.3, 0.4) is 0 Å². The van der Waals surface area contributed by atoms with Crippen molar-refractivity contribution in [1.29, 1.82) is 0 Å². The minimum Gasteiger partial charge on any atom is -0.359 e. The first-order chi connectivity index (χ1) is 12.0. The van der Waals surface area contributed by atoms with Crippen LogP contribution in [0, 0.1) is 5.82 Å². The number of amides is 1. The SMILES string of the molecule is Cn1nccc1-c1ccc(F)c([C@@]2(C)NC(=O)COC(C)(C)C2(F)F)c1. The molecule has 0 aliphatic carbocycles. The molecule has 140 valence electrons. The van der Waals surface area contributed by atoms with Crippen LogP contribution in [-0.4, -0.2) is 33.8 Å². The van der Waals surface area contributed by atoms with E-state index in [1.807, 2.05) is 0 Å². The molecule has 1 aromatic carbocycles. The van der Waals surface area contributed by atoms with Gasteiger partial charge in [-0.1, -0.05) is 0 Å². The van der Waals surface area contributed by atoms with Crippen LogP contribution in [0.1, 0.15) is 26.3 Å². The van der Waals surface area contributed by atoms with Crippen LogP contribution in [0.5, 0.6) is 0 Å². The van der Waals surface area contributed by atoms with Crippen molar-refractivity contribution in [3.63, 3.8) is 0 Å². The minimum absolute atomic E-state index is 0.312. The molecule has 1 amide bonds. The summed E-state index contributed by atoms with van der Waals surface area (Å²) in [6, 6.07) is 5.61. The molecular weight excluding hydrogens is 347 g/mol. The molecule has 1 fully saturated rings. The summed E-state index contributed by atoms with van der Waals surface area (Å²) in [7, 11) is 1.69. The Bertz CT molecular complexity index is 863. The zero-order valence-corrected chi connectivity index (χ0v) is 14.9. The van der Waals surface area contributed by atoms with Crippen LogP contribution in [-0.2, 0) is 22.1 Å². The van der Waals surface area contributed by atoms with E-state index in [1.165, 1.54) is 26.0 Å². The summed E-state index contributed by atoms with van der Waals surface area (Å²) in [5.74, 6) is -5.16. The van der Waals surface area contributed by atoms with Crippen LogP contribution in [0.25, 0.3) is 11.3 Å². The lowest BCUT2D eigenvalue weighted by Crippen LogP contribution is -2.62. The molecule has 1 N–H and O–H groups in total. The summed E-state index contributed by atoms with van der Waals surface area (Å²) < 4.78 is 52.0. The highest BCUT2D eigenvalue weighted by molar-refractivity contribution is 5.79. The maximum atomic E-state index is 15.4.